The van der Waals surface area contributed by atoms with Crippen LogP contribution in [0.1, 0.15) is 38.5 Å². The van der Waals surface area contributed by atoms with Gasteiger partial charge in [-0.25, -0.2) is 0 Å². The first kappa shape index (κ1) is 6.50. The van der Waals surface area contributed by atoms with E-state index in [1.165, 1.54) is 7.93 Å². The summed E-state index contributed by atoms with van der Waals surface area (Å²) in [6.45, 7) is 0. The molecule has 1 heteroatoms. The quantitative estimate of drug-likeness (QED) is 0.648. The molecular weight excluding hydrogens is 224 g/mol. The standard InChI is InChI=1S/C8H14Te/c1-3-7(4-1)9-8-5-2-6-8/h7-8H,1-6H2. The van der Waals surface area contributed by atoms with Crippen LogP contribution in [0.4, 0.5) is 0 Å². The molecular formula is C8H14Te. The van der Waals surface area contributed by atoms with Crippen molar-refractivity contribution in [1.82, 2.24) is 0 Å². The van der Waals surface area contributed by atoms with Gasteiger partial charge in [0.05, 0.1) is 0 Å². The van der Waals surface area contributed by atoms with Crippen LogP contribution in [-0.4, -0.2) is 20.9 Å². The number of hydrogen-bond acceptors (Lipinski definition) is 0. The van der Waals surface area contributed by atoms with E-state index in [4.69, 9.17) is 0 Å². The average molecular weight is 238 g/mol. The first-order valence-electron chi connectivity index (χ1n) is 4.10. The van der Waals surface area contributed by atoms with E-state index in [1.807, 2.05) is 0 Å². The Kier molecular flexibility index (Phi) is 2.02. The monoisotopic (exact) mass is 240 g/mol. The van der Waals surface area contributed by atoms with Crippen molar-refractivity contribution >= 4 is 20.9 Å². The minimum atomic E-state index is 0.507. The Morgan fingerprint density at radius 3 is 1.44 bits per heavy atom. The summed E-state index contributed by atoms with van der Waals surface area (Å²) in [6.07, 6.45) is 9.55. The van der Waals surface area contributed by atoms with Crippen molar-refractivity contribution in [3.8, 4) is 0 Å². The van der Waals surface area contributed by atoms with E-state index in [-0.39, 0.29) is 0 Å². The molecule has 0 radical (unpaired) electrons. The molecule has 0 saturated heterocycles. The fraction of sp³-hybridized carbons (Fsp3) is 1.00. The molecule has 9 heavy (non-hydrogen) atoms. The SMILES string of the molecule is C1CC([Te]C2CCC2)C1. The van der Waals surface area contributed by atoms with Crippen molar-refractivity contribution in [3.05, 3.63) is 0 Å². The molecule has 0 heterocycles. The van der Waals surface area contributed by atoms with Gasteiger partial charge in [-0.05, 0) is 0 Å². The van der Waals surface area contributed by atoms with Crippen LogP contribution in [0.15, 0.2) is 0 Å². The van der Waals surface area contributed by atoms with Crippen molar-refractivity contribution in [3.63, 3.8) is 0 Å². The van der Waals surface area contributed by atoms with E-state index in [1.54, 1.807) is 38.5 Å². The van der Waals surface area contributed by atoms with Crippen molar-refractivity contribution in [2.45, 2.75) is 46.5 Å². The molecule has 2 aliphatic carbocycles. The summed E-state index contributed by atoms with van der Waals surface area (Å²) in [6, 6.07) is 0. The second kappa shape index (κ2) is 2.80. The first-order valence-corrected chi connectivity index (χ1v) is 6.80. The van der Waals surface area contributed by atoms with Crippen LogP contribution < -0.4 is 0 Å². The molecule has 0 N–H and O–H groups in total. The molecule has 0 aromatic carbocycles. The fourth-order valence-electron chi connectivity index (χ4n) is 1.29. The molecule has 2 fully saturated rings. The Morgan fingerprint density at radius 2 is 1.22 bits per heavy atom. The van der Waals surface area contributed by atoms with Crippen LogP contribution in [0.3, 0.4) is 0 Å². The summed E-state index contributed by atoms with van der Waals surface area (Å²) < 4.78 is 2.58. The summed E-state index contributed by atoms with van der Waals surface area (Å²) in [7, 11) is 0. The fourth-order valence-corrected chi connectivity index (χ4v) is 6.30. The minimum absolute atomic E-state index is 0.507. The zero-order chi connectivity index (χ0) is 6.10. The van der Waals surface area contributed by atoms with Crippen LogP contribution in [0, 0.1) is 0 Å². The van der Waals surface area contributed by atoms with Crippen molar-refractivity contribution < 1.29 is 0 Å². The van der Waals surface area contributed by atoms with Gasteiger partial charge < -0.3 is 0 Å². The predicted octanol–water partition coefficient (Wildman–Crippen LogP) is 2.64. The molecule has 0 spiro atoms. The van der Waals surface area contributed by atoms with Gasteiger partial charge in [0, 0.05) is 0 Å². The average Bonchev–Trinajstić information content (AvgIpc) is 1.57. The summed E-state index contributed by atoms with van der Waals surface area (Å²) in [4.78, 5) is 0. The molecule has 0 amide bonds. The van der Waals surface area contributed by atoms with Crippen LogP contribution in [0.25, 0.3) is 0 Å². The Morgan fingerprint density at radius 1 is 0.778 bits per heavy atom. The molecule has 0 aromatic rings. The van der Waals surface area contributed by atoms with E-state index in [0.717, 1.165) is 0 Å². The van der Waals surface area contributed by atoms with Gasteiger partial charge >= 0.3 is 67.4 Å². The normalized spacial score (nSPS) is 29.3. The van der Waals surface area contributed by atoms with Crippen LogP contribution in [-0.2, 0) is 0 Å². The molecule has 0 bridgehead atoms. The van der Waals surface area contributed by atoms with Gasteiger partial charge in [-0.15, -0.1) is 0 Å². The molecule has 0 aliphatic heterocycles. The molecule has 0 atom stereocenters. The molecule has 0 nitrogen and oxygen atoms in total. The topological polar surface area (TPSA) is 0 Å². The van der Waals surface area contributed by atoms with Gasteiger partial charge in [0.1, 0.15) is 0 Å². The predicted molar refractivity (Wildman–Crippen MR) is 41.0 cm³/mol. The van der Waals surface area contributed by atoms with E-state index >= 15 is 0 Å². The second-order valence-corrected chi connectivity index (χ2v) is 7.82. The molecule has 2 aliphatic rings. The first-order chi connectivity index (χ1) is 4.45. The molecule has 2 rings (SSSR count). The van der Waals surface area contributed by atoms with E-state index < -0.39 is 0 Å². The van der Waals surface area contributed by atoms with Gasteiger partial charge in [-0.3, -0.25) is 0 Å². The summed E-state index contributed by atoms with van der Waals surface area (Å²) in [5.74, 6) is 0. The zero-order valence-corrected chi connectivity index (χ0v) is 8.14. The number of hydrogen-bond donors (Lipinski definition) is 0. The van der Waals surface area contributed by atoms with Crippen LogP contribution in [0.2, 0.25) is 7.93 Å². The summed E-state index contributed by atoms with van der Waals surface area (Å²) in [5.41, 5.74) is 0. The maximum absolute atomic E-state index is 1.61. The third-order valence-corrected chi connectivity index (χ3v) is 7.38. The van der Waals surface area contributed by atoms with Crippen molar-refractivity contribution in [2.24, 2.45) is 0 Å². The molecule has 0 unspecified atom stereocenters. The van der Waals surface area contributed by atoms with Gasteiger partial charge in [0.2, 0.25) is 0 Å². The second-order valence-electron chi connectivity index (χ2n) is 3.24. The van der Waals surface area contributed by atoms with E-state index in [9.17, 15) is 0 Å². The Hall–Kier alpha value is 0.790. The third-order valence-electron chi connectivity index (χ3n) is 2.49. The van der Waals surface area contributed by atoms with Crippen molar-refractivity contribution in [2.75, 3.05) is 0 Å². The number of rotatable bonds is 2. The molecule has 0 aromatic heterocycles. The van der Waals surface area contributed by atoms with Gasteiger partial charge in [0.25, 0.3) is 0 Å². The van der Waals surface area contributed by atoms with Crippen LogP contribution >= 0.6 is 0 Å². The summed E-state index contributed by atoms with van der Waals surface area (Å²) >= 11 is 0.507. The van der Waals surface area contributed by atoms with E-state index in [0.29, 0.717) is 20.9 Å². The zero-order valence-electron chi connectivity index (χ0n) is 5.81. The van der Waals surface area contributed by atoms with Gasteiger partial charge in [-0.2, -0.15) is 0 Å². The van der Waals surface area contributed by atoms with Gasteiger partial charge in [0.15, 0.2) is 0 Å². The van der Waals surface area contributed by atoms with E-state index in [2.05, 4.69) is 0 Å². The Bertz CT molecular complexity index is 80.7. The third kappa shape index (κ3) is 1.44. The maximum atomic E-state index is 1.61. The molecule has 2 saturated carbocycles. The van der Waals surface area contributed by atoms with Crippen molar-refractivity contribution in [1.29, 1.82) is 0 Å². The Labute approximate surface area is 67.5 Å². The Balaban J connectivity index is 1.64. The van der Waals surface area contributed by atoms with Crippen LogP contribution in [0.5, 0.6) is 0 Å². The summed E-state index contributed by atoms with van der Waals surface area (Å²) in [5, 5.41) is 0. The van der Waals surface area contributed by atoms with Gasteiger partial charge in [-0.1, -0.05) is 0 Å². The molecule has 52 valence electrons.